The number of nitrogens with zero attached hydrogens (tertiary/aromatic N) is 2. The Labute approximate surface area is 252 Å². The lowest BCUT2D eigenvalue weighted by Gasteiger charge is -2.29. The van der Waals surface area contributed by atoms with E-state index in [4.69, 9.17) is 18.9 Å². The molecule has 3 aromatic carbocycles. The van der Waals surface area contributed by atoms with E-state index in [-0.39, 0.29) is 11.3 Å². The number of aliphatic hydroxyl groups is 1. The van der Waals surface area contributed by atoms with Crippen molar-refractivity contribution in [1.29, 1.82) is 0 Å². The van der Waals surface area contributed by atoms with Gasteiger partial charge in [-0.25, -0.2) is 0 Å². The molecule has 9 heteroatoms. The Balaban J connectivity index is 1.49. The molecule has 2 fully saturated rings. The smallest absolute Gasteiger partial charge is 0.295 e. The van der Waals surface area contributed by atoms with Gasteiger partial charge < -0.3 is 29.0 Å². The Hall–Kier alpha value is -4.34. The van der Waals surface area contributed by atoms with E-state index in [9.17, 15) is 14.7 Å². The lowest BCUT2D eigenvalue weighted by molar-refractivity contribution is -0.140. The van der Waals surface area contributed by atoms with Gasteiger partial charge >= 0.3 is 0 Å². The minimum absolute atomic E-state index is 0.0435. The molecular weight excluding hydrogens is 548 g/mol. The van der Waals surface area contributed by atoms with Crippen molar-refractivity contribution in [2.24, 2.45) is 0 Å². The van der Waals surface area contributed by atoms with Crippen LogP contribution >= 0.6 is 0 Å². The summed E-state index contributed by atoms with van der Waals surface area (Å²) in [5, 5.41) is 11.4. The van der Waals surface area contributed by atoms with Gasteiger partial charge in [-0.15, -0.1) is 0 Å². The SMILES string of the molecule is CCOc1cc(C2C(=C(O)c3ccc(OC)cc3)C(=O)C(=O)N2CCCN2CCOCC2)ccc1OCc1ccccc1. The number of carbonyl (C=O) groups is 2. The second kappa shape index (κ2) is 14.2. The minimum Gasteiger partial charge on any atom is -0.507 e. The number of methoxy groups -OCH3 is 1. The number of morpholine rings is 1. The molecule has 1 unspecified atom stereocenters. The maximum atomic E-state index is 13.5. The Morgan fingerprint density at radius 2 is 1.67 bits per heavy atom. The van der Waals surface area contributed by atoms with Gasteiger partial charge in [0.05, 0.1) is 38.5 Å². The first kappa shape index (κ1) is 30.1. The normalized spacial score (nSPS) is 18.6. The van der Waals surface area contributed by atoms with Gasteiger partial charge in [0.1, 0.15) is 18.1 Å². The summed E-state index contributed by atoms with van der Waals surface area (Å²) in [5.41, 5.74) is 2.13. The monoisotopic (exact) mass is 586 g/mol. The van der Waals surface area contributed by atoms with Crippen LogP contribution in [0.3, 0.4) is 0 Å². The number of amides is 1. The number of carbonyl (C=O) groups excluding carboxylic acids is 2. The Morgan fingerprint density at radius 1 is 0.930 bits per heavy atom. The fraction of sp³-hybridized carbons (Fsp3) is 0.353. The van der Waals surface area contributed by atoms with Crippen molar-refractivity contribution in [3.05, 3.63) is 95.1 Å². The summed E-state index contributed by atoms with van der Waals surface area (Å²) >= 11 is 0. The average molecular weight is 587 g/mol. The second-order valence-corrected chi connectivity index (χ2v) is 10.4. The fourth-order valence-corrected chi connectivity index (χ4v) is 5.47. The van der Waals surface area contributed by atoms with Crippen LogP contribution in [0.4, 0.5) is 0 Å². The van der Waals surface area contributed by atoms with Gasteiger partial charge in [-0.3, -0.25) is 14.5 Å². The molecule has 1 amide bonds. The lowest BCUT2D eigenvalue weighted by atomic mass is 9.95. The quantitative estimate of drug-likeness (QED) is 0.183. The molecule has 0 aliphatic carbocycles. The molecule has 43 heavy (non-hydrogen) atoms. The lowest BCUT2D eigenvalue weighted by Crippen LogP contribution is -2.39. The van der Waals surface area contributed by atoms with Crippen molar-refractivity contribution in [3.8, 4) is 17.2 Å². The van der Waals surface area contributed by atoms with Crippen LogP contribution in [0.2, 0.25) is 0 Å². The number of ketones is 1. The van der Waals surface area contributed by atoms with E-state index in [1.165, 1.54) is 0 Å². The molecule has 1 atom stereocenters. The van der Waals surface area contributed by atoms with E-state index in [1.807, 2.05) is 43.3 Å². The first-order valence-electron chi connectivity index (χ1n) is 14.7. The van der Waals surface area contributed by atoms with Crippen molar-refractivity contribution >= 4 is 17.4 Å². The largest absolute Gasteiger partial charge is 0.507 e. The minimum atomic E-state index is -0.797. The van der Waals surface area contributed by atoms with Crippen LogP contribution in [0.25, 0.3) is 5.76 Å². The van der Waals surface area contributed by atoms with E-state index in [1.54, 1.807) is 48.4 Å². The molecule has 5 rings (SSSR count). The summed E-state index contributed by atoms with van der Waals surface area (Å²) in [6.07, 6.45) is 0.669. The van der Waals surface area contributed by atoms with Gasteiger partial charge in [-0.2, -0.15) is 0 Å². The van der Waals surface area contributed by atoms with Crippen LogP contribution in [-0.4, -0.2) is 79.7 Å². The van der Waals surface area contributed by atoms with Crippen molar-refractivity contribution in [1.82, 2.24) is 9.80 Å². The second-order valence-electron chi connectivity index (χ2n) is 10.4. The molecule has 0 aromatic heterocycles. The summed E-state index contributed by atoms with van der Waals surface area (Å²) in [6.45, 7) is 6.81. The molecule has 0 saturated carbocycles. The number of rotatable bonds is 12. The number of benzene rings is 3. The molecule has 2 heterocycles. The van der Waals surface area contributed by atoms with Gasteiger partial charge in [0, 0.05) is 31.7 Å². The van der Waals surface area contributed by atoms with Gasteiger partial charge in [0.15, 0.2) is 11.5 Å². The molecule has 2 aliphatic rings. The van der Waals surface area contributed by atoms with Crippen LogP contribution in [0.1, 0.15) is 36.1 Å². The molecule has 0 spiro atoms. The first-order chi connectivity index (χ1) is 21.0. The third-order valence-electron chi connectivity index (χ3n) is 7.70. The van der Waals surface area contributed by atoms with Crippen molar-refractivity contribution in [2.75, 3.05) is 53.1 Å². The maximum absolute atomic E-state index is 13.5. The highest BCUT2D eigenvalue weighted by Gasteiger charge is 2.46. The number of hydrogen-bond acceptors (Lipinski definition) is 8. The van der Waals surface area contributed by atoms with E-state index in [0.29, 0.717) is 67.8 Å². The topological polar surface area (TPSA) is 97.8 Å². The van der Waals surface area contributed by atoms with Crippen molar-refractivity contribution < 1.29 is 33.6 Å². The van der Waals surface area contributed by atoms with Gasteiger partial charge in [0.25, 0.3) is 11.7 Å². The first-order valence-corrected chi connectivity index (χ1v) is 14.7. The standard InChI is InChI=1S/C34H38N2O7/c1-3-42-29-22-26(12-15-28(29)43-23-24-8-5-4-6-9-24)31-30(32(37)25-10-13-27(40-2)14-11-25)33(38)34(39)36(31)17-7-16-35-18-20-41-21-19-35/h4-6,8-15,22,31,37H,3,7,16-21,23H2,1-2H3. The van der Waals surface area contributed by atoms with Crippen LogP contribution in [-0.2, 0) is 20.9 Å². The van der Waals surface area contributed by atoms with Gasteiger partial charge in [-0.05, 0) is 60.9 Å². The van der Waals surface area contributed by atoms with Crippen LogP contribution in [0.5, 0.6) is 17.2 Å². The molecule has 9 nitrogen and oxygen atoms in total. The Kier molecular flexibility index (Phi) is 9.96. The van der Waals surface area contributed by atoms with E-state index < -0.39 is 17.7 Å². The van der Waals surface area contributed by atoms with Gasteiger partial charge in [0.2, 0.25) is 0 Å². The van der Waals surface area contributed by atoms with Crippen LogP contribution < -0.4 is 14.2 Å². The third-order valence-corrected chi connectivity index (χ3v) is 7.70. The highest BCUT2D eigenvalue weighted by Crippen LogP contribution is 2.42. The summed E-state index contributed by atoms with van der Waals surface area (Å²) in [5.74, 6) is 0.0813. The summed E-state index contributed by atoms with van der Waals surface area (Å²) in [6, 6.07) is 21.2. The van der Waals surface area contributed by atoms with Crippen LogP contribution in [0.15, 0.2) is 78.4 Å². The molecular formula is C34H38N2O7. The number of aliphatic hydroxyl groups excluding tert-OH is 1. The predicted molar refractivity (Wildman–Crippen MR) is 162 cm³/mol. The van der Waals surface area contributed by atoms with Crippen molar-refractivity contribution in [2.45, 2.75) is 26.0 Å². The zero-order chi connectivity index (χ0) is 30.2. The fourth-order valence-electron chi connectivity index (χ4n) is 5.47. The Morgan fingerprint density at radius 3 is 2.37 bits per heavy atom. The molecule has 2 saturated heterocycles. The molecule has 2 aliphatic heterocycles. The summed E-state index contributed by atoms with van der Waals surface area (Å²) in [7, 11) is 1.56. The van der Waals surface area contributed by atoms with E-state index in [2.05, 4.69) is 4.90 Å². The predicted octanol–water partition coefficient (Wildman–Crippen LogP) is 4.82. The zero-order valence-electron chi connectivity index (χ0n) is 24.7. The van der Waals surface area contributed by atoms with E-state index >= 15 is 0 Å². The Bertz CT molecular complexity index is 1430. The number of likely N-dealkylation sites (tertiary alicyclic amines) is 1. The van der Waals surface area contributed by atoms with Crippen LogP contribution in [0, 0.1) is 0 Å². The summed E-state index contributed by atoms with van der Waals surface area (Å²) in [4.78, 5) is 30.9. The highest BCUT2D eigenvalue weighted by molar-refractivity contribution is 6.46. The number of hydrogen-bond donors (Lipinski definition) is 1. The zero-order valence-corrected chi connectivity index (χ0v) is 24.7. The summed E-state index contributed by atoms with van der Waals surface area (Å²) < 4.78 is 22.8. The molecule has 0 radical (unpaired) electrons. The van der Waals surface area contributed by atoms with E-state index in [0.717, 1.165) is 25.2 Å². The third kappa shape index (κ3) is 7.01. The molecule has 3 aromatic rings. The number of Topliss-reactive ketones (excluding diaryl/α,β-unsaturated/α-hetero) is 1. The molecule has 0 bridgehead atoms. The van der Waals surface area contributed by atoms with Gasteiger partial charge in [-0.1, -0.05) is 36.4 Å². The maximum Gasteiger partial charge on any atom is 0.295 e. The molecule has 226 valence electrons. The highest BCUT2D eigenvalue weighted by atomic mass is 16.5. The molecule has 1 N–H and O–H groups in total. The average Bonchev–Trinajstić information content (AvgIpc) is 3.30. The number of ether oxygens (including phenoxy) is 4. The van der Waals surface area contributed by atoms with Crippen molar-refractivity contribution in [3.63, 3.8) is 0 Å².